The molecule has 2 heteroatoms. The molecule has 0 atom stereocenters. The Bertz CT molecular complexity index is 120. The lowest BCUT2D eigenvalue weighted by Gasteiger charge is -1.88. The van der Waals surface area contributed by atoms with Crippen molar-refractivity contribution in [3.63, 3.8) is 0 Å². The number of hydrogen-bond acceptors (Lipinski definition) is 1. The molecule has 0 N–H and O–H groups in total. The third kappa shape index (κ3) is 2.80. The topological polar surface area (TPSA) is 12.4 Å². The van der Waals surface area contributed by atoms with Crippen LogP contribution >= 0.6 is 11.6 Å². The van der Waals surface area contributed by atoms with Crippen LogP contribution in [0.25, 0.3) is 0 Å². The fraction of sp³-hybridized carbons (Fsp3) is 0.500. The van der Waals surface area contributed by atoms with E-state index in [-0.39, 0.29) is 0 Å². The van der Waals surface area contributed by atoms with Gasteiger partial charge in [-0.3, -0.25) is 0 Å². The molecule has 0 unspecified atom stereocenters. The van der Waals surface area contributed by atoms with E-state index in [1.165, 1.54) is 0 Å². The highest BCUT2D eigenvalue weighted by Gasteiger charge is 1.85. The zero-order valence-electron chi connectivity index (χ0n) is 5.40. The molecule has 0 fully saturated rings. The minimum atomic E-state index is 0.590. The second-order valence-corrected chi connectivity index (χ2v) is 2.04. The molecule has 46 valence electrons. The molecule has 0 aliphatic rings. The van der Waals surface area contributed by atoms with Crippen molar-refractivity contribution in [3.05, 3.63) is 10.7 Å². The fourth-order valence-electron chi connectivity index (χ4n) is 0.242. The Kier molecular flexibility index (Phi) is 3.53. The maximum absolute atomic E-state index is 5.60. The van der Waals surface area contributed by atoms with Crippen molar-refractivity contribution >= 4 is 17.8 Å². The van der Waals surface area contributed by atoms with E-state index in [4.69, 9.17) is 11.6 Å². The molecule has 0 rings (SSSR count). The summed E-state index contributed by atoms with van der Waals surface area (Å²) in [5, 5.41) is 0.590. The summed E-state index contributed by atoms with van der Waals surface area (Å²) in [6.45, 7) is 5.69. The van der Waals surface area contributed by atoms with Crippen LogP contribution in [-0.2, 0) is 0 Å². The second-order valence-electron chi connectivity index (χ2n) is 1.68. The molecule has 0 aromatic rings. The van der Waals surface area contributed by atoms with Crippen molar-refractivity contribution in [1.82, 2.24) is 0 Å². The predicted octanol–water partition coefficient (Wildman–Crippen LogP) is 2.57. The van der Waals surface area contributed by atoms with Gasteiger partial charge < -0.3 is 0 Å². The van der Waals surface area contributed by atoms with Crippen LogP contribution in [0.2, 0.25) is 0 Å². The highest BCUT2D eigenvalue weighted by molar-refractivity contribution is 6.30. The number of hydrogen-bond donors (Lipinski definition) is 0. The second kappa shape index (κ2) is 3.67. The molecule has 8 heavy (non-hydrogen) atoms. The van der Waals surface area contributed by atoms with Crippen LogP contribution < -0.4 is 0 Å². The first-order valence-electron chi connectivity index (χ1n) is 2.50. The van der Waals surface area contributed by atoms with E-state index in [9.17, 15) is 0 Å². The Balaban J connectivity index is 4.00. The van der Waals surface area contributed by atoms with Gasteiger partial charge in [0.05, 0.1) is 0 Å². The van der Waals surface area contributed by atoms with Crippen molar-refractivity contribution in [2.45, 2.75) is 20.8 Å². The van der Waals surface area contributed by atoms with E-state index in [2.05, 4.69) is 4.99 Å². The molecule has 0 aromatic carbocycles. The zero-order valence-corrected chi connectivity index (χ0v) is 6.16. The molecule has 0 amide bonds. The summed E-state index contributed by atoms with van der Waals surface area (Å²) in [4.78, 5) is 3.84. The molecule has 0 spiro atoms. The molecule has 0 heterocycles. The van der Waals surface area contributed by atoms with Crippen LogP contribution in [0.5, 0.6) is 0 Å². The van der Waals surface area contributed by atoms with Gasteiger partial charge in [-0.15, -0.1) is 0 Å². The normalized spacial score (nSPS) is 10.0. The average molecular weight is 132 g/mol. The molecule has 0 saturated heterocycles. The first-order valence-corrected chi connectivity index (χ1v) is 2.88. The zero-order chi connectivity index (χ0) is 6.57. The van der Waals surface area contributed by atoms with E-state index in [0.29, 0.717) is 5.16 Å². The van der Waals surface area contributed by atoms with Gasteiger partial charge in [-0.05, 0) is 26.3 Å². The van der Waals surface area contributed by atoms with Gasteiger partial charge in [0.1, 0.15) is 5.16 Å². The Morgan fingerprint density at radius 1 is 1.50 bits per heavy atom. The summed E-state index contributed by atoms with van der Waals surface area (Å²) in [5.74, 6) is 0. The summed E-state index contributed by atoms with van der Waals surface area (Å²) in [6.07, 6.45) is 1.68. The maximum Gasteiger partial charge on any atom is 0.127 e. The minimum absolute atomic E-state index is 0.590. The lowest BCUT2D eigenvalue weighted by molar-refractivity contribution is 1.31. The van der Waals surface area contributed by atoms with Crippen molar-refractivity contribution in [3.8, 4) is 0 Å². The highest BCUT2D eigenvalue weighted by atomic mass is 35.5. The third-order valence-corrected chi connectivity index (χ3v) is 1.13. The summed E-state index contributed by atoms with van der Waals surface area (Å²) < 4.78 is 0. The lowest BCUT2D eigenvalue weighted by Crippen LogP contribution is -1.69. The summed E-state index contributed by atoms with van der Waals surface area (Å²) in [5.41, 5.74) is 1.05. The summed E-state index contributed by atoms with van der Waals surface area (Å²) in [7, 11) is 0. The van der Waals surface area contributed by atoms with Crippen molar-refractivity contribution in [1.29, 1.82) is 0 Å². The molecule has 0 saturated carbocycles. The quantitative estimate of drug-likeness (QED) is 0.383. The van der Waals surface area contributed by atoms with Gasteiger partial charge in [-0.1, -0.05) is 11.6 Å². The Labute approximate surface area is 55.1 Å². The van der Waals surface area contributed by atoms with Crippen LogP contribution in [-0.4, -0.2) is 6.21 Å². The smallest absolute Gasteiger partial charge is 0.127 e. The first-order chi connectivity index (χ1) is 3.68. The number of halogens is 1. The number of allylic oxidation sites excluding steroid dienone is 1. The van der Waals surface area contributed by atoms with Crippen molar-refractivity contribution in [2.75, 3.05) is 0 Å². The van der Waals surface area contributed by atoms with Crippen LogP contribution in [0.15, 0.2) is 15.7 Å². The standard InChI is InChI=1S/C6H10ClN/c1-4-8-6(7)5(2)3/h4H,1-3H3. The Morgan fingerprint density at radius 2 is 2.00 bits per heavy atom. The molecule has 0 aliphatic heterocycles. The largest absolute Gasteiger partial charge is 0.249 e. The van der Waals surface area contributed by atoms with E-state index in [0.717, 1.165) is 5.57 Å². The van der Waals surface area contributed by atoms with E-state index >= 15 is 0 Å². The molecule has 1 nitrogen and oxygen atoms in total. The van der Waals surface area contributed by atoms with Gasteiger partial charge in [-0.25, -0.2) is 4.99 Å². The van der Waals surface area contributed by atoms with Crippen LogP contribution in [0.1, 0.15) is 20.8 Å². The molecular formula is C6H10ClN. The molecular weight excluding hydrogens is 122 g/mol. The Hall–Kier alpha value is -0.300. The van der Waals surface area contributed by atoms with Gasteiger partial charge in [0.25, 0.3) is 0 Å². The highest BCUT2D eigenvalue weighted by Crippen LogP contribution is 2.07. The predicted molar refractivity (Wildman–Crippen MR) is 38.4 cm³/mol. The Morgan fingerprint density at radius 3 is 2.12 bits per heavy atom. The lowest BCUT2D eigenvalue weighted by atomic mass is 10.4. The molecule has 0 aromatic heterocycles. The molecule has 0 radical (unpaired) electrons. The van der Waals surface area contributed by atoms with Gasteiger partial charge >= 0.3 is 0 Å². The number of rotatable bonds is 1. The molecule has 0 aliphatic carbocycles. The van der Waals surface area contributed by atoms with Gasteiger partial charge in [0, 0.05) is 6.21 Å². The first kappa shape index (κ1) is 7.70. The van der Waals surface area contributed by atoms with Crippen molar-refractivity contribution in [2.24, 2.45) is 4.99 Å². The fourth-order valence-corrected chi connectivity index (χ4v) is 0.340. The monoisotopic (exact) mass is 131 g/mol. The SMILES string of the molecule is CC=NC(Cl)=C(C)C. The van der Waals surface area contributed by atoms with E-state index < -0.39 is 0 Å². The third-order valence-electron chi connectivity index (χ3n) is 0.655. The maximum atomic E-state index is 5.60. The van der Waals surface area contributed by atoms with E-state index in [1.807, 2.05) is 20.8 Å². The van der Waals surface area contributed by atoms with Crippen LogP contribution in [0.3, 0.4) is 0 Å². The summed E-state index contributed by atoms with van der Waals surface area (Å²) in [6, 6.07) is 0. The summed E-state index contributed by atoms with van der Waals surface area (Å²) >= 11 is 5.60. The van der Waals surface area contributed by atoms with Crippen LogP contribution in [0.4, 0.5) is 0 Å². The van der Waals surface area contributed by atoms with Crippen molar-refractivity contribution < 1.29 is 0 Å². The van der Waals surface area contributed by atoms with E-state index in [1.54, 1.807) is 6.21 Å². The van der Waals surface area contributed by atoms with Gasteiger partial charge in [0.2, 0.25) is 0 Å². The van der Waals surface area contributed by atoms with Gasteiger partial charge in [-0.2, -0.15) is 0 Å². The average Bonchev–Trinajstić information content (AvgIpc) is 1.67. The minimum Gasteiger partial charge on any atom is -0.249 e. The number of aliphatic imine (C=N–C) groups is 1. The van der Waals surface area contributed by atoms with Crippen LogP contribution in [0, 0.1) is 0 Å². The molecule has 0 bridgehead atoms. The number of nitrogens with zero attached hydrogens (tertiary/aromatic N) is 1. The van der Waals surface area contributed by atoms with Gasteiger partial charge in [0.15, 0.2) is 0 Å².